The molecule has 0 saturated heterocycles. The molecule has 0 unspecified atom stereocenters. The summed E-state index contributed by atoms with van der Waals surface area (Å²) in [6.45, 7) is 1.53. The minimum atomic E-state index is -5.02. The lowest BCUT2D eigenvalue weighted by molar-refractivity contribution is -0.164. The summed E-state index contributed by atoms with van der Waals surface area (Å²) in [6, 6.07) is 6.72. The van der Waals surface area contributed by atoms with Crippen molar-refractivity contribution < 1.29 is 22.5 Å². The number of Topliss-reactive ketones (excluding diaryl/α,β-unsaturated/α-hetero) is 1. The molecule has 0 fully saturated rings. The molecule has 0 bridgehead atoms. The van der Waals surface area contributed by atoms with Crippen molar-refractivity contribution in [3.8, 4) is 11.3 Å². The van der Waals surface area contributed by atoms with Gasteiger partial charge in [0.1, 0.15) is 5.69 Å². The van der Waals surface area contributed by atoms with Crippen LogP contribution in [0.2, 0.25) is 5.02 Å². The minimum absolute atomic E-state index is 0.235. The molecule has 0 aliphatic carbocycles. The molecule has 0 aliphatic rings. The zero-order valence-electron chi connectivity index (χ0n) is 13.1. The zero-order valence-corrected chi connectivity index (χ0v) is 13.9. The fourth-order valence-electron chi connectivity index (χ4n) is 2.12. The van der Waals surface area contributed by atoms with Gasteiger partial charge in [0.15, 0.2) is 5.76 Å². The van der Waals surface area contributed by atoms with Gasteiger partial charge in [-0.25, -0.2) is 0 Å². The van der Waals surface area contributed by atoms with Crippen LogP contribution in [0.4, 0.5) is 13.2 Å². The maximum Gasteiger partial charge on any atom is 0.455 e. The van der Waals surface area contributed by atoms with Crippen molar-refractivity contribution in [1.82, 2.24) is 10.1 Å². The van der Waals surface area contributed by atoms with E-state index in [-0.39, 0.29) is 11.5 Å². The average Bonchev–Trinajstić information content (AvgIpc) is 2.85. The Morgan fingerprint density at radius 2 is 1.92 bits per heavy atom. The summed E-state index contributed by atoms with van der Waals surface area (Å²) in [5.74, 6) is -2.23. The highest BCUT2D eigenvalue weighted by atomic mass is 35.5. The van der Waals surface area contributed by atoms with E-state index >= 15 is 0 Å². The SMILES string of the molecule is Cc1c(-c2ccccc2Cl)noc1/C(=C/N(C)C)C(=O)C(F)(F)F. The van der Waals surface area contributed by atoms with Gasteiger partial charge in [0.25, 0.3) is 5.78 Å². The lowest BCUT2D eigenvalue weighted by atomic mass is 10.0. The van der Waals surface area contributed by atoms with Gasteiger partial charge in [-0.15, -0.1) is 0 Å². The van der Waals surface area contributed by atoms with Gasteiger partial charge in [0, 0.05) is 31.4 Å². The lowest BCUT2D eigenvalue weighted by Crippen LogP contribution is -2.25. The van der Waals surface area contributed by atoms with Crippen LogP contribution in [0, 0.1) is 6.92 Å². The third-order valence-corrected chi connectivity index (χ3v) is 3.52. The normalized spacial score (nSPS) is 12.4. The number of carbonyl (C=O) groups excluding carboxylic acids is 1. The van der Waals surface area contributed by atoms with Gasteiger partial charge in [-0.1, -0.05) is 35.0 Å². The molecule has 0 atom stereocenters. The van der Waals surface area contributed by atoms with E-state index in [9.17, 15) is 18.0 Å². The van der Waals surface area contributed by atoms with Crippen LogP contribution < -0.4 is 0 Å². The molecule has 24 heavy (non-hydrogen) atoms. The van der Waals surface area contributed by atoms with Crippen LogP contribution in [-0.4, -0.2) is 36.1 Å². The number of benzene rings is 1. The van der Waals surface area contributed by atoms with Gasteiger partial charge < -0.3 is 9.42 Å². The second-order valence-electron chi connectivity index (χ2n) is 5.30. The molecule has 0 radical (unpaired) electrons. The van der Waals surface area contributed by atoms with Gasteiger partial charge in [-0.3, -0.25) is 4.79 Å². The predicted octanol–water partition coefficient (Wildman–Crippen LogP) is 4.34. The number of alkyl halides is 3. The number of hydrogen-bond acceptors (Lipinski definition) is 4. The van der Waals surface area contributed by atoms with Gasteiger partial charge in [-0.2, -0.15) is 13.2 Å². The molecule has 0 spiro atoms. The molecule has 1 aromatic heterocycles. The fourth-order valence-corrected chi connectivity index (χ4v) is 2.35. The van der Waals surface area contributed by atoms with E-state index in [0.29, 0.717) is 16.1 Å². The van der Waals surface area contributed by atoms with Crippen molar-refractivity contribution >= 4 is 23.0 Å². The van der Waals surface area contributed by atoms with Gasteiger partial charge in [-0.05, 0) is 13.0 Å². The molecular weight excluding hydrogens is 345 g/mol. The number of nitrogens with zero attached hydrogens (tertiary/aromatic N) is 2. The quantitative estimate of drug-likeness (QED) is 0.763. The smallest absolute Gasteiger partial charge is 0.383 e. The van der Waals surface area contributed by atoms with Gasteiger partial charge in [0.2, 0.25) is 0 Å². The van der Waals surface area contributed by atoms with Crippen molar-refractivity contribution in [2.75, 3.05) is 14.1 Å². The van der Waals surface area contributed by atoms with E-state index < -0.39 is 17.5 Å². The Morgan fingerprint density at radius 1 is 1.29 bits per heavy atom. The Morgan fingerprint density at radius 3 is 2.46 bits per heavy atom. The molecule has 1 heterocycles. The standard InChI is InChI=1S/C16H14ClF3N2O2/c1-9-13(10-6-4-5-7-12(10)17)21-24-14(9)11(8-22(2)3)15(23)16(18,19)20/h4-8H,1-3H3/b11-8-. The zero-order chi connectivity index (χ0) is 18.1. The van der Waals surface area contributed by atoms with Crippen molar-refractivity contribution in [3.05, 3.63) is 46.8 Å². The number of aromatic nitrogens is 1. The summed E-state index contributed by atoms with van der Waals surface area (Å²) in [6.07, 6.45) is -3.97. The molecule has 0 aliphatic heterocycles. The molecule has 2 aromatic rings. The predicted molar refractivity (Wildman–Crippen MR) is 84.4 cm³/mol. The maximum atomic E-state index is 12.9. The van der Waals surface area contributed by atoms with E-state index in [1.54, 1.807) is 24.3 Å². The molecule has 0 amide bonds. The van der Waals surface area contributed by atoms with Gasteiger partial charge >= 0.3 is 6.18 Å². The van der Waals surface area contributed by atoms with Crippen molar-refractivity contribution in [1.29, 1.82) is 0 Å². The van der Waals surface area contributed by atoms with E-state index in [1.165, 1.54) is 25.9 Å². The number of allylic oxidation sites excluding steroid dienone is 1. The summed E-state index contributed by atoms with van der Waals surface area (Å²) in [5, 5.41) is 4.18. The van der Waals surface area contributed by atoms with Crippen LogP contribution in [-0.2, 0) is 4.79 Å². The molecule has 8 heteroatoms. The average molecular weight is 359 g/mol. The number of ketones is 1. The number of carbonyl (C=O) groups is 1. The van der Waals surface area contributed by atoms with Crippen molar-refractivity contribution in [3.63, 3.8) is 0 Å². The van der Waals surface area contributed by atoms with Gasteiger partial charge in [0.05, 0.1) is 10.6 Å². The Kier molecular flexibility index (Phi) is 5.03. The Bertz CT molecular complexity index is 795. The van der Waals surface area contributed by atoms with Crippen LogP contribution in [0.25, 0.3) is 16.8 Å². The fraction of sp³-hybridized carbons (Fsp3) is 0.250. The third kappa shape index (κ3) is 3.62. The molecule has 0 saturated carbocycles. The molecule has 0 N–H and O–H groups in total. The highest BCUT2D eigenvalue weighted by Gasteiger charge is 2.43. The highest BCUT2D eigenvalue weighted by molar-refractivity contribution is 6.33. The second-order valence-corrected chi connectivity index (χ2v) is 5.71. The summed E-state index contributed by atoms with van der Waals surface area (Å²) in [7, 11) is 3.01. The third-order valence-electron chi connectivity index (χ3n) is 3.19. The van der Waals surface area contributed by atoms with Crippen LogP contribution in [0.1, 0.15) is 11.3 Å². The van der Waals surface area contributed by atoms with Crippen LogP contribution in [0.15, 0.2) is 35.0 Å². The van der Waals surface area contributed by atoms with Crippen molar-refractivity contribution in [2.45, 2.75) is 13.1 Å². The molecular formula is C16H14ClF3N2O2. The van der Waals surface area contributed by atoms with Crippen LogP contribution in [0.3, 0.4) is 0 Å². The largest absolute Gasteiger partial charge is 0.455 e. The second kappa shape index (κ2) is 6.68. The highest BCUT2D eigenvalue weighted by Crippen LogP contribution is 2.35. The first kappa shape index (κ1) is 18.1. The summed E-state index contributed by atoms with van der Waals surface area (Å²) in [5.41, 5.74) is 0.482. The Labute approximate surface area is 141 Å². The van der Waals surface area contributed by atoms with Crippen molar-refractivity contribution in [2.24, 2.45) is 0 Å². The molecule has 2 rings (SSSR count). The number of hydrogen-bond donors (Lipinski definition) is 0. The number of halogens is 4. The first-order valence-electron chi connectivity index (χ1n) is 6.84. The van der Waals surface area contributed by atoms with E-state index in [2.05, 4.69) is 5.16 Å². The summed E-state index contributed by atoms with van der Waals surface area (Å²) < 4.78 is 43.7. The number of rotatable bonds is 4. The summed E-state index contributed by atoms with van der Waals surface area (Å²) >= 11 is 6.09. The molecule has 1 aromatic carbocycles. The van der Waals surface area contributed by atoms with Crippen LogP contribution in [0.5, 0.6) is 0 Å². The topological polar surface area (TPSA) is 46.3 Å². The Balaban J connectivity index is 2.59. The first-order valence-corrected chi connectivity index (χ1v) is 7.22. The van der Waals surface area contributed by atoms with E-state index in [1.807, 2.05) is 0 Å². The first-order chi connectivity index (χ1) is 11.1. The summed E-state index contributed by atoms with van der Waals surface area (Å²) in [4.78, 5) is 13.1. The lowest BCUT2D eigenvalue weighted by Gasteiger charge is -2.11. The minimum Gasteiger partial charge on any atom is -0.383 e. The molecule has 4 nitrogen and oxygen atoms in total. The van der Waals surface area contributed by atoms with E-state index in [0.717, 1.165) is 6.20 Å². The van der Waals surface area contributed by atoms with Crippen LogP contribution >= 0.6 is 11.6 Å². The molecule has 128 valence electrons. The van der Waals surface area contributed by atoms with E-state index in [4.69, 9.17) is 16.1 Å². The monoisotopic (exact) mass is 358 g/mol. The Hall–Kier alpha value is -2.28. The maximum absolute atomic E-state index is 12.9.